The van der Waals surface area contributed by atoms with Gasteiger partial charge in [0.05, 0.1) is 6.54 Å². The molecule has 2 aromatic heterocycles. The predicted octanol–water partition coefficient (Wildman–Crippen LogP) is 5.07. The van der Waals surface area contributed by atoms with Crippen LogP contribution in [0.25, 0.3) is 21.7 Å². The molecule has 3 aromatic carbocycles. The van der Waals surface area contributed by atoms with E-state index in [0.717, 1.165) is 38.4 Å². The Morgan fingerprint density at radius 2 is 1.87 bits per heavy atom. The fraction of sp³-hybridized carbons (Fsp3) is 0.120. The molecule has 0 aliphatic rings. The molecule has 0 saturated heterocycles. The SMILES string of the molecule is Cc1c(C(=O)NCc2cccc(Cn3cccn3)c2)oc2c1ccc1ccccc12. The van der Waals surface area contributed by atoms with Gasteiger partial charge in [-0.1, -0.05) is 60.7 Å². The number of amides is 1. The second-order valence-electron chi connectivity index (χ2n) is 7.43. The lowest BCUT2D eigenvalue weighted by Gasteiger charge is -2.07. The predicted molar refractivity (Wildman–Crippen MR) is 117 cm³/mol. The van der Waals surface area contributed by atoms with Gasteiger partial charge in [-0.3, -0.25) is 9.48 Å². The molecule has 1 amide bonds. The van der Waals surface area contributed by atoms with Crippen LogP contribution in [0.15, 0.2) is 83.5 Å². The van der Waals surface area contributed by atoms with E-state index in [1.54, 1.807) is 6.20 Å². The highest BCUT2D eigenvalue weighted by Crippen LogP contribution is 2.31. The minimum Gasteiger partial charge on any atom is -0.450 e. The molecule has 0 spiro atoms. The molecule has 5 rings (SSSR count). The molecule has 30 heavy (non-hydrogen) atoms. The largest absolute Gasteiger partial charge is 0.450 e. The summed E-state index contributed by atoms with van der Waals surface area (Å²) in [6, 6.07) is 22.2. The van der Waals surface area contributed by atoms with E-state index >= 15 is 0 Å². The second-order valence-corrected chi connectivity index (χ2v) is 7.43. The van der Waals surface area contributed by atoms with Crippen LogP contribution in [-0.2, 0) is 13.1 Å². The first-order chi connectivity index (χ1) is 14.7. The number of hydrogen-bond donors (Lipinski definition) is 1. The van der Waals surface area contributed by atoms with Gasteiger partial charge in [-0.25, -0.2) is 0 Å². The number of benzene rings is 3. The van der Waals surface area contributed by atoms with Gasteiger partial charge in [0.2, 0.25) is 0 Å². The van der Waals surface area contributed by atoms with Crippen LogP contribution in [0.4, 0.5) is 0 Å². The maximum absolute atomic E-state index is 12.9. The molecular formula is C25H21N3O2. The zero-order valence-electron chi connectivity index (χ0n) is 16.6. The topological polar surface area (TPSA) is 60.1 Å². The quantitative estimate of drug-likeness (QED) is 0.452. The van der Waals surface area contributed by atoms with Crippen molar-refractivity contribution in [1.82, 2.24) is 15.1 Å². The summed E-state index contributed by atoms with van der Waals surface area (Å²) in [5.74, 6) is 0.166. The van der Waals surface area contributed by atoms with Crippen LogP contribution in [-0.4, -0.2) is 15.7 Å². The van der Waals surface area contributed by atoms with Gasteiger partial charge in [0.25, 0.3) is 5.91 Å². The summed E-state index contributed by atoms with van der Waals surface area (Å²) in [7, 11) is 0. The van der Waals surface area contributed by atoms with Crippen LogP contribution in [0.2, 0.25) is 0 Å². The Hall–Kier alpha value is -3.86. The third-order valence-corrected chi connectivity index (χ3v) is 5.38. The summed E-state index contributed by atoms with van der Waals surface area (Å²) in [5, 5.41) is 10.3. The van der Waals surface area contributed by atoms with E-state index in [2.05, 4.69) is 28.6 Å². The molecule has 0 unspecified atom stereocenters. The van der Waals surface area contributed by atoms with Crippen LogP contribution in [0.1, 0.15) is 27.2 Å². The van der Waals surface area contributed by atoms with E-state index in [-0.39, 0.29) is 5.91 Å². The smallest absolute Gasteiger partial charge is 0.287 e. The first-order valence-electron chi connectivity index (χ1n) is 9.93. The lowest BCUT2D eigenvalue weighted by Crippen LogP contribution is -2.23. The van der Waals surface area contributed by atoms with Gasteiger partial charge < -0.3 is 9.73 Å². The first kappa shape index (κ1) is 18.2. The fourth-order valence-electron chi connectivity index (χ4n) is 3.85. The third kappa shape index (κ3) is 3.35. The van der Waals surface area contributed by atoms with Crippen molar-refractivity contribution in [2.75, 3.05) is 0 Å². The van der Waals surface area contributed by atoms with Crippen LogP contribution in [0, 0.1) is 6.92 Å². The standard InChI is InChI=1S/C25H21N3O2/c1-17-21-11-10-20-8-2-3-9-22(20)24(21)30-23(17)25(29)26-15-18-6-4-7-19(14-18)16-28-13-5-12-27-28/h2-14H,15-16H2,1H3,(H,26,29). The molecule has 0 aliphatic carbocycles. The highest BCUT2D eigenvalue weighted by molar-refractivity contribution is 6.08. The van der Waals surface area contributed by atoms with Crippen molar-refractivity contribution in [2.24, 2.45) is 0 Å². The molecule has 0 saturated carbocycles. The highest BCUT2D eigenvalue weighted by atomic mass is 16.3. The average Bonchev–Trinajstić information content (AvgIpc) is 3.40. The molecule has 0 radical (unpaired) electrons. The molecule has 148 valence electrons. The average molecular weight is 395 g/mol. The molecule has 0 bridgehead atoms. The van der Waals surface area contributed by atoms with E-state index in [1.807, 2.05) is 66.3 Å². The van der Waals surface area contributed by atoms with Crippen molar-refractivity contribution < 1.29 is 9.21 Å². The van der Waals surface area contributed by atoms with Gasteiger partial charge >= 0.3 is 0 Å². The number of carbonyl (C=O) groups excluding carboxylic acids is 1. The van der Waals surface area contributed by atoms with Crippen molar-refractivity contribution in [3.05, 3.63) is 102 Å². The van der Waals surface area contributed by atoms with Crippen LogP contribution in [0.3, 0.4) is 0 Å². The number of nitrogens with one attached hydrogen (secondary N) is 1. The number of nitrogens with zero attached hydrogens (tertiary/aromatic N) is 2. The lowest BCUT2D eigenvalue weighted by atomic mass is 10.1. The monoisotopic (exact) mass is 395 g/mol. The van der Waals surface area contributed by atoms with E-state index in [1.165, 1.54) is 0 Å². The Labute approximate surface area is 173 Å². The van der Waals surface area contributed by atoms with E-state index in [9.17, 15) is 4.79 Å². The van der Waals surface area contributed by atoms with Gasteiger partial charge in [0, 0.05) is 35.3 Å². The number of aryl methyl sites for hydroxylation is 1. The van der Waals surface area contributed by atoms with E-state index in [4.69, 9.17) is 4.42 Å². The van der Waals surface area contributed by atoms with E-state index in [0.29, 0.717) is 18.8 Å². The summed E-state index contributed by atoms with van der Waals surface area (Å²) >= 11 is 0. The Morgan fingerprint density at radius 1 is 1.00 bits per heavy atom. The molecule has 5 heteroatoms. The molecule has 1 N–H and O–H groups in total. The van der Waals surface area contributed by atoms with Crippen molar-refractivity contribution in [1.29, 1.82) is 0 Å². The molecule has 0 aliphatic heterocycles. The molecule has 0 fully saturated rings. The van der Waals surface area contributed by atoms with Crippen LogP contribution in [0.5, 0.6) is 0 Å². The summed E-state index contributed by atoms with van der Waals surface area (Å²) in [5.41, 5.74) is 3.79. The minimum absolute atomic E-state index is 0.203. The fourth-order valence-corrected chi connectivity index (χ4v) is 3.85. The van der Waals surface area contributed by atoms with Gasteiger partial charge in [-0.15, -0.1) is 0 Å². The maximum Gasteiger partial charge on any atom is 0.287 e. The lowest BCUT2D eigenvalue weighted by molar-refractivity contribution is 0.0924. The third-order valence-electron chi connectivity index (χ3n) is 5.38. The van der Waals surface area contributed by atoms with Crippen LogP contribution < -0.4 is 5.32 Å². The summed E-state index contributed by atoms with van der Waals surface area (Å²) < 4.78 is 7.91. The summed E-state index contributed by atoms with van der Waals surface area (Å²) in [6.07, 6.45) is 3.70. The zero-order chi connectivity index (χ0) is 20.5. The van der Waals surface area contributed by atoms with E-state index < -0.39 is 0 Å². The Morgan fingerprint density at radius 3 is 2.73 bits per heavy atom. The van der Waals surface area contributed by atoms with Gasteiger partial charge in [0.15, 0.2) is 5.76 Å². The number of aromatic nitrogens is 2. The van der Waals surface area contributed by atoms with Crippen molar-refractivity contribution in [2.45, 2.75) is 20.0 Å². The summed E-state index contributed by atoms with van der Waals surface area (Å²) in [6.45, 7) is 3.06. The van der Waals surface area contributed by atoms with Gasteiger partial charge in [-0.2, -0.15) is 5.10 Å². The Kier molecular flexibility index (Phi) is 4.56. The number of fused-ring (bicyclic) bond motifs is 3. The normalized spacial score (nSPS) is 11.2. The zero-order valence-corrected chi connectivity index (χ0v) is 16.6. The molecule has 0 atom stereocenters. The Bertz CT molecular complexity index is 1350. The highest BCUT2D eigenvalue weighted by Gasteiger charge is 2.18. The van der Waals surface area contributed by atoms with Gasteiger partial charge in [-0.05, 0) is 29.5 Å². The maximum atomic E-state index is 12.9. The van der Waals surface area contributed by atoms with Crippen molar-refractivity contribution in [3.8, 4) is 0 Å². The number of hydrogen-bond acceptors (Lipinski definition) is 3. The minimum atomic E-state index is -0.203. The van der Waals surface area contributed by atoms with Crippen LogP contribution >= 0.6 is 0 Å². The van der Waals surface area contributed by atoms with Crippen molar-refractivity contribution >= 4 is 27.6 Å². The summed E-state index contributed by atoms with van der Waals surface area (Å²) in [4.78, 5) is 12.9. The van der Waals surface area contributed by atoms with Crippen molar-refractivity contribution in [3.63, 3.8) is 0 Å². The second kappa shape index (κ2) is 7.52. The molecule has 5 aromatic rings. The Balaban J connectivity index is 1.36. The molecule has 5 nitrogen and oxygen atoms in total. The number of carbonyl (C=O) groups is 1. The first-order valence-corrected chi connectivity index (χ1v) is 9.93. The van der Waals surface area contributed by atoms with Gasteiger partial charge in [0.1, 0.15) is 5.58 Å². The molecule has 2 heterocycles. The molecular weight excluding hydrogens is 374 g/mol. The number of furan rings is 1. The number of rotatable bonds is 5.